The van der Waals surface area contributed by atoms with Gasteiger partial charge in [-0.05, 0) is 6.42 Å². The smallest absolute Gasteiger partial charge is 0.273 e. The van der Waals surface area contributed by atoms with Crippen LogP contribution in [0.5, 0.6) is 0 Å². The summed E-state index contributed by atoms with van der Waals surface area (Å²) in [6, 6.07) is 0. The molecule has 1 aromatic rings. The third-order valence-electron chi connectivity index (χ3n) is 3.57. The molecule has 2 fully saturated rings. The highest BCUT2D eigenvalue weighted by molar-refractivity contribution is 7.07. The summed E-state index contributed by atoms with van der Waals surface area (Å²) in [5.41, 5.74) is 2.12. The highest BCUT2D eigenvalue weighted by Gasteiger charge is 2.38. The summed E-state index contributed by atoms with van der Waals surface area (Å²) in [4.78, 5) is 29.8. The van der Waals surface area contributed by atoms with Gasteiger partial charge in [0.25, 0.3) is 5.91 Å². The quantitative estimate of drug-likeness (QED) is 0.793. The lowest BCUT2D eigenvalue weighted by Crippen LogP contribution is -2.50. The molecule has 0 aliphatic carbocycles. The Morgan fingerprint density at radius 2 is 2.47 bits per heavy atom. The van der Waals surface area contributed by atoms with E-state index < -0.39 is 0 Å². The number of carbonyl (C=O) groups excluding carboxylic acids is 2. The third kappa shape index (κ3) is 2.48. The van der Waals surface area contributed by atoms with Crippen LogP contribution in [0.25, 0.3) is 0 Å². The summed E-state index contributed by atoms with van der Waals surface area (Å²) in [5.74, 6) is -0.168. The zero-order chi connectivity index (χ0) is 13.2. The van der Waals surface area contributed by atoms with Gasteiger partial charge in [-0.1, -0.05) is 0 Å². The summed E-state index contributed by atoms with van der Waals surface area (Å²) in [5, 5.41) is 4.58. The van der Waals surface area contributed by atoms with Crippen molar-refractivity contribution in [3.05, 3.63) is 16.6 Å². The predicted octanol–water partition coefficient (Wildman–Crippen LogP) is 0.120. The maximum Gasteiger partial charge on any atom is 0.273 e. The molecular weight excluding hydrogens is 266 g/mol. The number of aromatic nitrogens is 1. The van der Waals surface area contributed by atoms with Crippen LogP contribution in [0, 0.1) is 5.92 Å². The molecule has 0 saturated carbocycles. The van der Waals surface area contributed by atoms with Crippen LogP contribution in [-0.4, -0.2) is 54.0 Å². The van der Waals surface area contributed by atoms with Crippen LogP contribution in [-0.2, 0) is 9.53 Å². The zero-order valence-corrected chi connectivity index (χ0v) is 11.2. The molecule has 3 rings (SSSR count). The minimum absolute atomic E-state index is 0.0447. The number of amides is 2. The molecule has 0 unspecified atom stereocenters. The molecule has 0 spiro atoms. The molecule has 0 aromatic carbocycles. The highest BCUT2D eigenvalue weighted by Crippen LogP contribution is 2.23. The molecule has 1 N–H and O–H groups in total. The largest absolute Gasteiger partial charge is 0.374 e. The molecule has 2 amide bonds. The lowest BCUT2D eigenvalue weighted by molar-refractivity contribution is -0.129. The molecule has 2 aliphatic heterocycles. The number of rotatable bonds is 1. The Kier molecular flexibility index (Phi) is 3.48. The summed E-state index contributed by atoms with van der Waals surface area (Å²) in [6.45, 7) is 2.10. The number of nitrogens with one attached hydrogen (secondary N) is 1. The summed E-state index contributed by atoms with van der Waals surface area (Å²) < 4.78 is 5.68. The molecule has 19 heavy (non-hydrogen) atoms. The van der Waals surface area contributed by atoms with Crippen LogP contribution < -0.4 is 5.32 Å². The van der Waals surface area contributed by atoms with Crippen molar-refractivity contribution in [3.63, 3.8) is 0 Å². The Morgan fingerprint density at radius 1 is 1.58 bits per heavy atom. The van der Waals surface area contributed by atoms with Gasteiger partial charge in [-0.3, -0.25) is 9.59 Å². The molecule has 0 bridgehead atoms. The van der Waals surface area contributed by atoms with E-state index in [0.717, 1.165) is 0 Å². The first-order valence-corrected chi connectivity index (χ1v) is 7.27. The number of ether oxygens (including phenoxy) is 1. The fourth-order valence-corrected chi connectivity index (χ4v) is 3.09. The number of carbonyl (C=O) groups is 2. The van der Waals surface area contributed by atoms with Gasteiger partial charge < -0.3 is 15.0 Å². The van der Waals surface area contributed by atoms with Crippen molar-refractivity contribution < 1.29 is 14.3 Å². The van der Waals surface area contributed by atoms with Gasteiger partial charge in [0.15, 0.2) is 0 Å². The van der Waals surface area contributed by atoms with E-state index in [9.17, 15) is 9.59 Å². The SMILES string of the molecule is O=C1NCCO[C@H]2CN(C(=O)c3cscn3)CC[C@@H]12. The number of hydrogen-bond donors (Lipinski definition) is 1. The second kappa shape index (κ2) is 5.26. The Labute approximate surface area is 114 Å². The maximum atomic E-state index is 12.2. The monoisotopic (exact) mass is 281 g/mol. The Morgan fingerprint density at radius 3 is 3.26 bits per heavy atom. The minimum atomic E-state index is -0.196. The summed E-state index contributed by atoms with van der Waals surface area (Å²) in [7, 11) is 0. The molecule has 6 nitrogen and oxygen atoms in total. The minimum Gasteiger partial charge on any atom is -0.374 e. The van der Waals surface area contributed by atoms with E-state index in [1.54, 1.807) is 15.8 Å². The second-order valence-corrected chi connectivity index (χ2v) is 5.44. The van der Waals surface area contributed by atoms with E-state index in [1.807, 2.05) is 0 Å². The normalized spacial score (nSPS) is 27.4. The van der Waals surface area contributed by atoms with E-state index in [2.05, 4.69) is 10.3 Å². The number of likely N-dealkylation sites (tertiary alicyclic amines) is 1. The Hall–Kier alpha value is -1.47. The Bertz CT molecular complexity index is 477. The van der Waals surface area contributed by atoms with Crippen LogP contribution in [0.1, 0.15) is 16.9 Å². The van der Waals surface area contributed by atoms with E-state index in [1.165, 1.54) is 11.3 Å². The van der Waals surface area contributed by atoms with Gasteiger partial charge in [0.1, 0.15) is 5.69 Å². The fourth-order valence-electron chi connectivity index (χ4n) is 2.57. The molecule has 0 radical (unpaired) electrons. The predicted molar refractivity (Wildman–Crippen MR) is 68.9 cm³/mol. The van der Waals surface area contributed by atoms with Crippen LogP contribution in [0.2, 0.25) is 0 Å². The van der Waals surface area contributed by atoms with Gasteiger partial charge in [0, 0.05) is 25.0 Å². The molecule has 2 aliphatic rings. The lowest BCUT2D eigenvalue weighted by atomic mass is 9.93. The van der Waals surface area contributed by atoms with Crippen molar-refractivity contribution in [1.29, 1.82) is 0 Å². The van der Waals surface area contributed by atoms with Crippen molar-refractivity contribution in [3.8, 4) is 0 Å². The van der Waals surface area contributed by atoms with E-state index >= 15 is 0 Å². The van der Waals surface area contributed by atoms with Crippen LogP contribution in [0.3, 0.4) is 0 Å². The van der Waals surface area contributed by atoms with Crippen LogP contribution >= 0.6 is 11.3 Å². The van der Waals surface area contributed by atoms with Crippen LogP contribution in [0.4, 0.5) is 0 Å². The van der Waals surface area contributed by atoms with Gasteiger partial charge >= 0.3 is 0 Å². The topological polar surface area (TPSA) is 71.5 Å². The molecular formula is C12H15N3O3S. The third-order valence-corrected chi connectivity index (χ3v) is 4.15. The molecule has 1 aromatic heterocycles. The first kappa shape index (κ1) is 12.6. The molecule has 2 saturated heterocycles. The maximum absolute atomic E-state index is 12.2. The first-order valence-electron chi connectivity index (χ1n) is 6.32. The van der Waals surface area contributed by atoms with Crippen molar-refractivity contribution >= 4 is 23.2 Å². The van der Waals surface area contributed by atoms with Crippen molar-refractivity contribution in [2.75, 3.05) is 26.2 Å². The van der Waals surface area contributed by atoms with Gasteiger partial charge in [-0.15, -0.1) is 11.3 Å². The van der Waals surface area contributed by atoms with Crippen LogP contribution in [0.15, 0.2) is 10.9 Å². The van der Waals surface area contributed by atoms with Gasteiger partial charge in [0.05, 0.1) is 24.1 Å². The van der Waals surface area contributed by atoms with Crippen molar-refractivity contribution in [2.24, 2.45) is 5.92 Å². The lowest BCUT2D eigenvalue weighted by Gasteiger charge is -2.35. The first-order chi connectivity index (χ1) is 9.25. The average Bonchev–Trinajstić information content (AvgIpc) is 2.90. The molecule has 7 heteroatoms. The molecule has 2 atom stereocenters. The van der Waals surface area contributed by atoms with Gasteiger partial charge in [-0.2, -0.15) is 0 Å². The van der Waals surface area contributed by atoms with Gasteiger partial charge in [0.2, 0.25) is 5.91 Å². The summed E-state index contributed by atoms with van der Waals surface area (Å²) in [6.07, 6.45) is 0.450. The average molecular weight is 281 g/mol. The number of nitrogens with zero attached hydrogens (tertiary/aromatic N) is 2. The van der Waals surface area contributed by atoms with Crippen molar-refractivity contribution in [2.45, 2.75) is 12.5 Å². The zero-order valence-electron chi connectivity index (χ0n) is 10.4. The van der Waals surface area contributed by atoms with E-state index in [-0.39, 0.29) is 23.8 Å². The van der Waals surface area contributed by atoms with E-state index in [0.29, 0.717) is 38.4 Å². The number of fused-ring (bicyclic) bond motifs is 1. The summed E-state index contributed by atoms with van der Waals surface area (Å²) >= 11 is 1.40. The molecule has 3 heterocycles. The fraction of sp³-hybridized carbons (Fsp3) is 0.583. The van der Waals surface area contributed by atoms with E-state index in [4.69, 9.17) is 4.74 Å². The second-order valence-electron chi connectivity index (χ2n) is 4.72. The van der Waals surface area contributed by atoms with Gasteiger partial charge in [-0.25, -0.2) is 4.98 Å². The Balaban J connectivity index is 1.71. The number of hydrogen-bond acceptors (Lipinski definition) is 5. The number of piperidine rings is 1. The highest BCUT2D eigenvalue weighted by atomic mass is 32.1. The molecule has 102 valence electrons. The number of thiazole rings is 1. The van der Waals surface area contributed by atoms with Crippen molar-refractivity contribution in [1.82, 2.24) is 15.2 Å². The standard InChI is InChI=1S/C12H15N3O3S/c16-11-8-1-3-15(5-10(8)18-4-2-13-11)12(17)9-6-19-7-14-9/h6-8,10H,1-5H2,(H,13,16)/t8-,10+/m1/s1.